The second kappa shape index (κ2) is 5.21. The summed E-state index contributed by atoms with van der Waals surface area (Å²) in [7, 11) is 3.47. The summed E-state index contributed by atoms with van der Waals surface area (Å²) in [6.45, 7) is 0. The summed E-state index contributed by atoms with van der Waals surface area (Å²) >= 11 is 0. The Morgan fingerprint density at radius 3 is 2.65 bits per heavy atom. The third-order valence-corrected chi connectivity index (χ3v) is 2.28. The van der Waals surface area contributed by atoms with E-state index in [1.165, 1.54) is 0 Å². The molecule has 88 valence electrons. The van der Waals surface area contributed by atoms with E-state index in [1.54, 1.807) is 19.5 Å². The lowest BCUT2D eigenvalue weighted by Gasteiger charge is -2.08. The van der Waals surface area contributed by atoms with E-state index in [0.29, 0.717) is 5.75 Å². The molecule has 1 N–H and O–H groups in total. The van der Waals surface area contributed by atoms with E-state index in [4.69, 9.17) is 9.47 Å². The number of anilines is 1. The van der Waals surface area contributed by atoms with Crippen LogP contribution in [0.5, 0.6) is 17.2 Å². The van der Waals surface area contributed by atoms with Crippen molar-refractivity contribution in [2.24, 2.45) is 0 Å². The van der Waals surface area contributed by atoms with Gasteiger partial charge in [-0.2, -0.15) is 0 Å². The van der Waals surface area contributed by atoms with Gasteiger partial charge < -0.3 is 14.8 Å². The smallest absolute Gasteiger partial charge is 0.147 e. The zero-order chi connectivity index (χ0) is 12.1. The number of hydrogen-bond acceptors (Lipinski definition) is 4. The van der Waals surface area contributed by atoms with Crippen LogP contribution in [0.15, 0.2) is 42.7 Å². The van der Waals surface area contributed by atoms with Crippen molar-refractivity contribution in [3.8, 4) is 17.2 Å². The van der Waals surface area contributed by atoms with Crippen molar-refractivity contribution in [1.82, 2.24) is 4.98 Å². The van der Waals surface area contributed by atoms with Crippen molar-refractivity contribution in [1.29, 1.82) is 0 Å². The Kier molecular flexibility index (Phi) is 3.45. The second-order valence-electron chi connectivity index (χ2n) is 3.44. The molecule has 0 radical (unpaired) electrons. The van der Waals surface area contributed by atoms with Gasteiger partial charge in [-0.15, -0.1) is 0 Å². The van der Waals surface area contributed by atoms with Gasteiger partial charge in [-0.05, 0) is 12.1 Å². The largest absolute Gasteiger partial charge is 0.497 e. The highest BCUT2D eigenvalue weighted by Crippen LogP contribution is 2.25. The molecule has 0 atom stereocenters. The molecular weight excluding hydrogens is 216 g/mol. The van der Waals surface area contributed by atoms with Crippen LogP contribution in [0.1, 0.15) is 0 Å². The molecule has 1 aromatic carbocycles. The highest BCUT2D eigenvalue weighted by molar-refractivity contribution is 5.46. The van der Waals surface area contributed by atoms with Gasteiger partial charge in [-0.3, -0.25) is 4.98 Å². The van der Waals surface area contributed by atoms with E-state index in [1.807, 2.05) is 37.4 Å². The van der Waals surface area contributed by atoms with Crippen LogP contribution < -0.4 is 14.8 Å². The van der Waals surface area contributed by atoms with E-state index in [9.17, 15) is 0 Å². The SMILES string of the molecule is CNc1cncc(Oc2cccc(OC)c2)c1. The van der Waals surface area contributed by atoms with Crippen LogP contribution in [0.2, 0.25) is 0 Å². The molecule has 0 aliphatic rings. The van der Waals surface area contributed by atoms with Crippen molar-refractivity contribution in [2.75, 3.05) is 19.5 Å². The molecule has 1 aromatic heterocycles. The number of benzene rings is 1. The molecule has 0 saturated carbocycles. The van der Waals surface area contributed by atoms with E-state index in [-0.39, 0.29) is 0 Å². The highest BCUT2D eigenvalue weighted by Gasteiger charge is 2.00. The Bertz CT molecular complexity index is 455. The molecule has 0 aliphatic carbocycles. The number of ether oxygens (including phenoxy) is 2. The van der Waals surface area contributed by atoms with E-state index >= 15 is 0 Å². The Labute approximate surface area is 100 Å². The lowest BCUT2D eigenvalue weighted by Crippen LogP contribution is -1.91. The lowest BCUT2D eigenvalue weighted by atomic mass is 10.3. The van der Waals surface area contributed by atoms with Crippen LogP contribution in [0.3, 0.4) is 0 Å². The first-order valence-corrected chi connectivity index (χ1v) is 5.26. The van der Waals surface area contributed by atoms with Gasteiger partial charge >= 0.3 is 0 Å². The van der Waals surface area contributed by atoms with Gasteiger partial charge in [0.15, 0.2) is 0 Å². The first-order valence-electron chi connectivity index (χ1n) is 5.26. The molecule has 0 unspecified atom stereocenters. The zero-order valence-electron chi connectivity index (χ0n) is 9.81. The molecular formula is C13H14N2O2. The molecule has 0 spiro atoms. The van der Waals surface area contributed by atoms with Crippen LogP contribution >= 0.6 is 0 Å². The molecule has 2 rings (SSSR count). The summed E-state index contributed by atoms with van der Waals surface area (Å²) in [5.74, 6) is 2.17. The van der Waals surface area contributed by atoms with Gasteiger partial charge in [0.25, 0.3) is 0 Å². The maximum absolute atomic E-state index is 5.68. The molecule has 0 amide bonds. The van der Waals surface area contributed by atoms with Gasteiger partial charge in [-0.1, -0.05) is 6.07 Å². The van der Waals surface area contributed by atoms with Gasteiger partial charge in [0.05, 0.1) is 25.2 Å². The molecule has 0 bridgehead atoms. The first-order chi connectivity index (χ1) is 8.31. The van der Waals surface area contributed by atoms with Crippen LogP contribution in [-0.2, 0) is 0 Å². The number of pyridine rings is 1. The van der Waals surface area contributed by atoms with E-state index < -0.39 is 0 Å². The number of rotatable bonds is 4. The molecule has 4 nitrogen and oxygen atoms in total. The van der Waals surface area contributed by atoms with Crippen molar-refractivity contribution < 1.29 is 9.47 Å². The fraction of sp³-hybridized carbons (Fsp3) is 0.154. The van der Waals surface area contributed by atoms with Gasteiger partial charge in [0, 0.05) is 19.2 Å². The van der Waals surface area contributed by atoms with E-state index in [2.05, 4.69) is 10.3 Å². The third kappa shape index (κ3) is 2.87. The zero-order valence-corrected chi connectivity index (χ0v) is 9.81. The van der Waals surface area contributed by atoms with Crippen LogP contribution in [-0.4, -0.2) is 19.1 Å². The molecule has 2 aromatic rings. The van der Waals surface area contributed by atoms with E-state index in [0.717, 1.165) is 17.2 Å². The van der Waals surface area contributed by atoms with Gasteiger partial charge in [0.2, 0.25) is 0 Å². The minimum atomic E-state index is 0.685. The fourth-order valence-electron chi connectivity index (χ4n) is 1.41. The Morgan fingerprint density at radius 2 is 1.88 bits per heavy atom. The predicted molar refractivity (Wildman–Crippen MR) is 66.9 cm³/mol. The minimum absolute atomic E-state index is 0.685. The predicted octanol–water partition coefficient (Wildman–Crippen LogP) is 2.92. The van der Waals surface area contributed by atoms with Crippen molar-refractivity contribution in [3.63, 3.8) is 0 Å². The average molecular weight is 230 g/mol. The summed E-state index contributed by atoms with van der Waals surface area (Å²) in [4.78, 5) is 4.08. The highest BCUT2D eigenvalue weighted by atomic mass is 16.5. The van der Waals surface area contributed by atoms with Gasteiger partial charge in [-0.25, -0.2) is 0 Å². The van der Waals surface area contributed by atoms with Crippen LogP contribution in [0, 0.1) is 0 Å². The number of nitrogens with zero attached hydrogens (tertiary/aromatic N) is 1. The summed E-state index contributed by atoms with van der Waals surface area (Å²) in [6.07, 6.45) is 3.40. The molecule has 0 fully saturated rings. The summed E-state index contributed by atoms with van der Waals surface area (Å²) in [5.41, 5.74) is 0.908. The minimum Gasteiger partial charge on any atom is -0.497 e. The lowest BCUT2D eigenvalue weighted by molar-refractivity contribution is 0.409. The second-order valence-corrected chi connectivity index (χ2v) is 3.44. The Balaban J connectivity index is 2.18. The summed E-state index contributed by atoms with van der Waals surface area (Å²) in [6, 6.07) is 9.33. The maximum Gasteiger partial charge on any atom is 0.147 e. The van der Waals surface area contributed by atoms with Crippen molar-refractivity contribution >= 4 is 5.69 Å². The monoisotopic (exact) mass is 230 g/mol. The standard InChI is InChI=1S/C13H14N2O2/c1-14-10-6-13(9-15-8-10)17-12-5-3-4-11(7-12)16-2/h3-9,14H,1-2H3. The topological polar surface area (TPSA) is 43.4 Å². The molecule has 0 aliphatic heterocycles. The maximum atomic E-state index is 5.68. The fourth-order valence-corrected chi connectivity index (χ4v) is 1.41. The number of nitrogens with one attached hydrogen (secondary N) is 1. The third-order valence-electron chi connectivity index (χ3n) is 2.28. The average Bonchev–Trinajstić information content (AvgIpc) is 2.39. The molecule has 0 saturated heterocycles. The normalized spacial score (nSPS) is 9.76. The van der Waals surface area contributed by atoms with Crippen LogP contribution in [0.25, 0.3) is 0 Å². The van der Waals surface area contributed by atoms with Crippen LogP contribution in [0.4, 0.5) is 5.69 Å². The quantitative estimate of drug-likeness (QED) is 0.877. The number of hydrogen-bond donors (Lipinski definition) is 1. The molecule has 17 heavy (non-hydrogen) atoms. The Morgan fingerprint density at radius 1 is 1.06 bits per heavy atom. The molecule has 1 heterocycles. The number of methoxy groups -OCH3 is 1. The summed E-state index contributed by atoms with van der Waals surface area (Å²) in [5, 5.41) is 3.01. The number of aromatic nitrogens is 1. The summed E-state index contributed by atoms with van der Waals surface area (Å²) < 4.78 is 10.8. The van der Waals surface area contributed by atoms with Crippen molar-refractivity contribution in [2.45, 2.75) is 0 Å². The van der Waals surface area contributed by atoms with Gasteiger partial charge in [0.1, 0.15) is 17.2 Å². The van der Waals surface area contributed by atoms with Crippen molar-refractivity contribution in [3.05, 3.63) is 42.7 Å². The molecule has 4 heteroatoms. The Hall–Kier alpha value is -2.23. The first kappa shape index (κ1) is 11.3.